The van der Waals surface area contributed by atoms with Crippen molar-refractivity contribution in [3.8, 4) is 11.5 Å². The Kier molecular flexibility index (Phi) is 23.6. The number of hydrogen-bond acceptors (Lipinski definition) is 24. The molecule has 0 spiro atoms. The van der Waals surface area contributed by atoms with Gasteiger partial charge in [0.2, 0.25) is 6.04 Å². The second-order valence-corrected chi connectivity index (χ2v) is 19.3. The molecule has 0 aromatic heterocycles. The van der Waals surface area contributed by atoms with E-state index in [-0.39, 0.29) is 22.1 Å². The van der Waals surface area contributed by atoms with Crippen molar-refractivity contribution < 1.29 is 94.3 Å². The van der Waals surface area contributed by atoms with E-state index in [1.165, 1.54) is 36.4 Å². The fourth-order valence-electron chi connectivity index (χ4n) is 4.67. The Bertz CT molecular complexity index is 3350. The number of carboxylic acids is 1. The van der Waals surface area contributed by atoms with Gasteiger partial charge >= 0.3 is 16.6 Å². The lowest BCUT2D eigenvalue weighted by atomic mass is 10.1. The van der Waals surface area contributed by atoms with Crippen LogP contribution in [0.3, 0.4) is 0 Å². The van der Waals surface area contributed by atoms with Gasteiger partial charge in [-0.1, -0.05) is 42.5 Å². The molecule has 0 radical (unpaired) electrons. The first kappa shape index (κ1) is 62.0. The maximum absolute atomic E-state index is 12.9. The number of aromatic hydroxyl groups is 2. The summed E-state index contributed by atoms with van der Waals surface area (Å²) in [7, 11) is -18.1. The normalized spacial score (nSPS) is 13.4. The van der Waals surface area contributed by atoms with Gasteiger partial charge in [0.25, 0.3) is 46.4 Å². The summed E-state index contributed by atoms with van der Waals surface area (Å²) in [4.78, 5) is 32.2. The quantitative estimate of drug-likeness (QED) is 0.0456. The van der Waals surface area contributed by atoms with Gasteiger partial charge < -0.3 is 15.3 Å². The average Bonchev–Trinajstić information content (AvgIpc) is 3.56. The topological polar surface area (TPSA) is 496 Å². The zero-order valence-electron chi connectivity index (χ0n) is 36.7. The van der Waals surface area contributed by atoms with Gasteiger partial charge in [-0.25, -0.2) is 4.79 Å². The molecule has 31 nitrogen and oxygen atoms in total. The zero-order chi connectivity index (χ0) is 55.4. The Labute approximate surface area is 408 Å². The second-order valence-electron chi connectivity index (χ2n) is 13.1. The third-order valence-electron chi connectivity index (χ3n) is 7.01. The van der Waals surface area contributed by atoms with Crippen LogP contribution in [0.15, 0.2) is 144 Å². The van der Waals surface area contributed by atoms with Crippen LogP contribution < -0.4 is 5.01 Å². The van der Waals surface area contributed by atoms with Crippen LogP contribution in [0.2, 0.25) is 0 Å². The molecule has 72 heavy (non-hydrogen) atoms. The van der Waals surface area contributed by atoms with Gasteiger partial charge in [-0.2, -0.15) is 64.2 Å². The molecule has 0 fully saturated rings. The molecular weight excluding hydrogens is 1070 g/mol. The molecule has 1 aliphatic heterocycles. The van der Waals surface area contributed by atoms with Crippen molar-refractivity contribution in [1.82, 2.24) is 0 Å². The SMILES string of the molecule is CS(=O)(=O)O.CS(=O)(=O)O.CS(=O)(=O)O.C[N+](=O)[O-].O=C(O)C1=NN(c2ccccc2)C(=O)C1N=Nc1ccc(N=Nc2ccc3cc(S(=O)(=O)O)c(N=Nc4ccccc4)c(O)c3c2O)cc1.O=S(=O)=O. The highest BCUT2D eigenvalue weighted by molar-refractivity contribution is 7.86. The molecule has 1 aliphatic rings. The molecule has 0 saturated heterocycles. The summed E-state index contributed by atoms with van der Waals surface area (Å²) >= 11 is 0. The van der Waals surface area contributed by atoms with Crippen molar-refractivity contribution in [2.45, 2.75) is 10.9 Å². The average molecular weight is 1110 g/mol. The number of hydrogen-bond donors (Lipinski definition) is 7. The Morgan fingerprint density at radius 2 is 1.07 bits per heavy atom. The Morgan fingerprint density at radius 1 is 0.667 bits per heavy atom. The lowest BCUT2D eigenvalue weighted by molar-refractivity contribution is -0.445. The Morgan fingerprint density at radius 3 is 1.50 bits per heavy atom. The number of benzene rings is 5. The zero-order valence-corrected chi connectivity index (χ0v) is 40.8. The van der Waals surface area contributed by atoms with E-state index in [0.717, 1.165) is 18.1 Å². The number of carbonyl (C=O) groups excluding carboxylic acids is 1. The number of hydrazone groups is 1. The van der Waals surface area contributed by atoms with Crippen LogP contribution in [0.25, 0.3) is 10.8 Å². The van der Waals surface area contributed by atoms with Gasteiger partial charge in [0, 0.05) is 4.92 Å². The molecule has 1 heterocycles. The molecule has 0 bridgehead atoms. The van der Waals surface area contributed by atoms with Gasteiger partial charge in [-0.3, -0.25) is 33.1 Å². The summed E-state index contributed by atoms with van der Waals surface area (Å²) in [5.41, 5.74) is 0.0972. The monoisotopic (exact) mass is 1110 g/mol. The van der Waals surface area contributed by atoms with Crippen molar-refractivity contribution in [3.63, 3.8) is 0 Å². The molecule has 0 saturated carbocycles. The van der Waals surface area contributed by atoms with Crippen LogP contribution in [-0.4, -0.2) is 134 Å². The number of carbonyl (C=O) groups is 2. The number of amides is 1. The van der Waals surface area contributed by atoms with E-state index in [0.29, 0.717) is 35.8 Å². The fourth-order valence-corrected chi connectivity index (χ4v) is 5.33. The smallest absolute Gasteiger partial charge is 0.425 e. The van der Waals surface area contributed by atoms with Gasteiger partial charge in [-0.15, -0.1) is 22.9 Å². The predicted molar refractivity (Wildman–Crippen MR) is 251 cm³/mol. The first-order valence-corrected chi connectivity index (χ1v) is 26.2. The van der Waals surface area contributed by atoms with Crippen molar-refractivity contribution in [2.75, 3.05) is 30.8 Å². The van der Waals surface area contributed by atoms with E-state index in [2.05, 4.69) is 35.8 Å². The van der Waals surface area contributed by atoms with Gasteiger partial charge in [0.05, 0.1) is 46.9 Å². The highest BCUT2D eigenvalue weighted by Gasteiger charge is 2.41. The lowest BCUT2D eigenvalue weighted by Gasteiger charge is -2.11. The predicted octanol–water partition coefficient (Wildman–Crippen LogP) is 4.67. The van der Waals surface area contributed by atoms with E-state index in [4.69, 9.17) is 36.4 Å². The minimum absolute atomic E-state index is 0.0543. The standard InChI is InChI=1S/C32H22N8O8S.CH3NO2.3CH4O3S.O3S/c41-29-23(16-11-18-17-24(49(46,47)48)26(30(42)25(18)29)37-34-19-7-3-1-4-8-19)36-33-20-12-14-21(15-13-20)35-38-27-28(32(44)45)39-40(31(27)43)22-9-5-2-6-10-22;1-2(3)4;3*1-5(2,3)4;1-4(2)3/h1-17,27,41-42H,(H,44,45)(H,46,47,48);1H3;3*1H3,(H,2,3,4);. The third-order valence-corrected chi connectivity index (χ3v) is 7.88. The van der Waals surface area contributed by atoms with E-state index >= 15 is 0 Å². The molecule has 1 atom stereocenters. The van der Waals surface area contributed by atoms with Gasteiger partial charge in [0.1, 0.15) is 16.3 Å². The Hall–Kier alpha value is -7.97. The molecule has 36 heteroatoms. The largest absolute Gasteiger partial charge is 0.505 e. The van der Waals surface area contributed by atoms with Crippen LogP contribution in [0.5, 0.6) is 11.5 Å². The van der Waals surface area contributed by atoms with Gasteiger partial charge in [0.15, 0.2) is 24.3 Å². The maximum atomic E-state index is 12.9. The number of nitrogens with zero attached hydrogens (tertiary/aromatic N) is 9. The highest BCUT2D eigenvalue weighted by atomic mass is 32.2. The number of aliphatic carboxylic acids is 1. The van der Waals surface area contributed by atoms with Crippen LogP contribution in [0, 0.1) is 10.1 Å². The van der Waals surface area contributed by atoms with Crippen molar-refractivity contribution in [3.05, 3.63) is 113 Å². The van der Waals surface area contributed by atoms with Crippen molar-refractivity contribution in [1.29, 1.82) is 0 Å². The lowest BCUT2D eigenvalue weighted by Crippen LogP contribution is -2.32. The first-order valence-electron chi connectivity index (χ1n) is 18.2. The number of nitro groups is 1. The highest BCUT2D eigenvalue weighted by Crippen LogP contribution is 2.47. The van der Waals surface area contributed by atoms with Crippen molar-refractivity contribution in [2.24, 2.45) is 35.8 Å². The summed E-state index contributed by atoms with van der Waals surface area (Å²) < 4.78 is 137. The summed E-state index contributed by atoms with van der Waals surface area (Å²) in [6.07, 6.45) is 2.15. The number of phenolic OH excluding ortho intramolecular Hbond substituents is 2. The van der Waals surface area contributed by atoms with Gasteiger partial charge in [-0.05, 0) is 66.0 Å². The number of rotatable bonds is 9. The summed E-state index contributed by atoms with van der Waals surface area (Å²) in [5, 5.41) is 68.9. The molecule has 0 aliphatic carbocycles. The number of fused-ring (bicyclic) bond motifs is 1. The first-order chi connectivity index (χ1) is 33.0. The van der Waals surface area contributed by atoms with E-state index in [1.807, 2.05) is 0 Å². The number of anilines is 1. The second kappa shape index (κ2) is 27.4. The minimum Gasteiger partial charge on any atom is -0.505 e. The van der Waals surface area contributed by atoms with Crippen LogP contribution in [0.4, 0.5) is 34.1 Å². The molecule has 7 N–H and O–H groups in total. The molecule has 5 aromatic carbocycles. The summed E-state index contributed by atoms with van der Waals surface area (Å²) in [6, 6.07) is 24.7. The van der Waals surface area contributed by atoms with E-state index < -0.39 is 102 Å². The Balaban J connectivity index is 0.000000941. The summed E-state index contributed by atoms with van der Waals surface area (Å²) in [6.45, 7) is 0. The molecule has 388 valence electrons. The molecule has 6 rings (SSSR count). The molecule has 1 unspecified atom stereocenters. The van der Waals surface area contributed by atoms with Crippen LogP contribution in [0.1, 0.15) is 0 Å². The fraction of sp³-hybridized carbons (Fsp3) is 0.139. The van der Waals surface area contributed by atoms with Crippen molar-refractivity contribution >= 4 is 114 Å². The number of phenols is 2. The third kappa shape index (κ3) is 25.1. The van der Waals surface area contributed by atoms with E-state index in [1.54, 1.807) is 60.7 Å². The number of carboxylic acid groups (broad SMARTS) is 1. The molecule has 1 amide bonds. The van der Waals surface area contributed by atoms with Crippen LogP contribution in [-0.2, 0) is 60.7 Å². The van der Waals surface area contributed by atoms with E-state index in [9.17, 15) is 63.1 Å². The van der Waals surface area contributed by atoms with Crippen LogP contribution >= 0.6 is 0 Å². The molecular formula is C36H37N9O22S5. The number of azo groups is 3. The number of para-hydroxylation sites is 1. The maximum Gasteiger partial charge on any atom is 0.425 e. The molecule has 5 aromatic rings. The summed E-state index contributed by atoms with van der Waals surface area (Å²) in [5.74, 6) is -3.41. The minimum atomic E-state index is -4.86.